The molecule has 0 saturated heterocycles. The van der Waals surface area contributed by atoms with E-state index in [1.165, 1.54) is 6.42 Å². The van der Waals surface area contributed by atoms with Crippen molar-refractivity contribution < 1.29 is 9.59 Å². The second kappa shape index (κ2) is 8.74. The second-order valence-electron chi connectivity index (χ2n) is 6.22. The maximum atomic E-state index is 12.6. The molecule has 0 spiro atoms. The molecule has 2 atom stereocenters. The van der Waals surface area contributed by atoms with E-state index in [4.69, 9.17) is 5.73 Å². The molecule has 5 nitrogen and oxygen atoms in total. The Balaban J connectivity index is 0.00000208. The highest BCUT2D eigenvalue weighted by Crippen LogP contribution is 2.31. The first-order valence-corrected chi connectivity index (χ1v) is 9.23. The van der Waals surface area contributed by atoms with E-state index in [-0.39, 0.29) is 30.3 Å². The van der Waals surface area contributed by atoms with Gasteiger partial charge in [0.2, 0.25) is 5.91 Å². The number of halogens is 1. The molecule has 2 aliphatic rings. The molecule has 1 aromatic rings. The second-order valence-corrected chi connectivity index (χ2v) is 7.35. The van der Waals surface area contributed by atoms with Crippen molar-refractivity contribution in [2.24, 2.45) is 11.7 Å². The van der Waals surface area contributed by atoms with Crippen molar-refractivity contribution in [2.45, 2.75) is 43.0 Å². The maximum absolute atomic E-state index is 12.6. The van der Waals surface area contributed by atoms with Crippen LogP contribution >= 0.6 is 24.2 Å². The number of amides is 2. The van der Waals surface area contributed by atoms with Crippen LogP contribution in [0, 0.1) is 5.92 Å². The first-order chi connectivity index (χ1) is 11.2. The lowest BCUT2D eigenvalue weighted by atomic mass is 9.84. The smallest absolute Gasteiger partial charge is 0.251 e. The summed E-state index contributed by atoms with van der Waals surface area (Å²) in [5.41, 5.74) is 7.16. The Bertz CT molecular complexity index is 611. The van der Waals surface area contributed by atoms with Gasteiger partial charge in [0.15, 0.2) is 0 Å². The average molecular weight is 370 g/mol. The Morgan fingerprint density at radius 1 is 1.33 bits per heavy atom. The van der Waals surface area contributed by atoms with Gasteiger partial charge in [-0.1, -0.05) is 12.8 Å². The number of fused-ring (bicyclic) bond motifs is 1. The number of rotatable bonds is 3. The van der Waals surface area contributed by atoms with E-state index in [0.29, 0.717) is 24.4 Å². The number of benzene rings is 1. The van der Waals surface area contributed by atoms with Crippen LogP contribution in [-0.2, 0) is 4.79 Å². The van der Waals surface area contributed by atoms with Gasteiger partial charge in [0.05, 0.1) is 5.69 Å². The van der Waals surface area contributed by atoms with Crippen LogP contribution in [0.4, 0.5) is 5.69 Å². The van der Waals surface area contributed by atoms with Gasteiger partial charge in [-0.05, 0) is 43.5 Å². The largest absolute Gasteiger partial charge is 0.349 e. The number of thioether (sulfide) groups is 1. The predicted octanol–water partition coefficient (Wildman–Crippen LogP) is 2.79. The number of nitrogens with one attached hydrogen (secondary N) is 2. The Morgan fingerprint density at radius 3 is 2.92 bits per heavy atom. The quantitative estimate of drug-likeness (QED) is 0.764. The minimum absolute atomic E-state index is 0. The third kappa shape index (κ3) is 4.43. The van der Waals surface area contributed by atoms with E-state index >= 15 is 0 Å². The topological polar surface area (TPSA) is 84.2 Å². The van der Waals surface area contributed by atoms with E-state index < -0.39 is 0 Å². The molecule has 24 heavy (non-hydrogen) atoms. The van der Waals surface area contributed by atoms with E-state index in [9.17, 15) is 9.59 Å². The number of hydrogen-bond acceptors (Lipinski definition) is 4. The van der Waals surface area contributed by atoms with E-state index in [2.05, 4.69) is 10.6 Å². The molecule has 0 bridgehead atoms. The zero-order valence-corrected chi connectivity index (χ0v) is 15.2. The summed E-state index contributed by atoms with van der Waals surface area (Å²) in [5, 5.41) is 6.01. The van der Waals surface area contributed by atoms with Crippen molar-refractivity contribution in [3.05, 3.63) is 23.8 Å². The molecule has 0 radical (unpaired) electrons. The van der Waals surface area contributed by atoms with Gasteiger partial charge in [0, 0.05) is 28.7 Å². The van der Waals surface area contributed by atoms with Gasteiger partial charge in [-0.15, -0.1) is 24.2 Å². The van der Waals surface area contributed by atoms with Crippen LogP contribution in [0.2, 0.25) is 0 Å². The van der Waals surface area contributed by atoms with Crippen molar-refractivity contribution in [1.29, 1.82) is 0 Å². The van der Waals surface area contributed by atoms with E-state index in [0.717, 1.165) is 35.6 Å². The summed E-state index contributed by atoms with van der Waals surface area (Å²) in [4.78, 5) is 25.3. The van der Waals surface area contributed by atoms with E-state index in [1.54, 1.807) is 17.8 Å². The molecule has 1 aliphatic carbocycles. The van der Waals surface area contributed by atoms with Crippen molar-refractivity contribution in [1.82, 2.24) is 5.32 Å². The zero-order valence-electron chi connectivity index (χ0n) is 13.5. The number of nitrogens with two attached hydrogens (primary N) is 1. The molecular weight excluding hydrogens is 346 g/mol. The lowest BCUT2D eigenvalue weighted by Crippen LogP contribution is -2.44. The lowest BCUT2D eigenvalue weighted by molar-refractivity contribution is -0.115. The molecule has 1 aliphatic heterocycles. The fourth-order valence-electron chi connectivity index (χ4n) is 3.29. The molecule has 1 saturated carbocycles. The Labute approximate surface area is 152 Å². The number of hydrogen-bond donors (Lipinski definition) is 3. The van der Waals surface area contributed by atoms with Crippen molar-refractivity contribution >= 4 is 41.7 Å². The minimum atomic E-state index is -0.0818. The van der Waals surface area contributed by atoms with Gasteiger partial charge >= 0.3 is 0 Å². The minimum Gasteiger partial charge on any atom is -0.349 e. The monoisotopic (exact) mass is 369 g/mol. The van der Waals surface area contributed by atoms with Crippen LogP contribution in [0.3, 0.4) is 0 Å². The van der Waals surface area contributed by atoms with E-state index in [1.807, 2.05) is 12.1 Å². The maximum Gasteiger partial charge on any atom is 0.251 e. The number of carbonyl (C=O) groups excluding carboxylic acids is 2. The van der Waals surface area contributed by atoms with Gasteiger partial charge in [0.1, 0.15) is 0 Å². The first-order valence-electron chi connectivity index (χ1n) is 8.25. The molecular formula is C17H24ClN3O2S. The first kappa shape index (κ1) is 19.1. The summed E-state index contributed by atoms with van der Waals surface area (Å²) in [6.07, 6.45) is 4.90. The van der Waals surface area contributed by atoms with Gasteiger partial charge in [0.25, 0.3) is 5.91 Å². The normalized spacial score (nSPS) is 23.3. The molecule has 132 valence electrons. The van der Waals surface area contributed by atoms with Crippen LogP contribution in [0.1, 0.15) is 42.5 Å². The Hall–Kier alpha value is -1.24. The highest BCUT2D eigenvalue weighted by atomic mass is 35.5. The van der Waals surface area contributed by atoms with Crippen LogP contribution in [-0.4, -0.2) is 30.2 Å². The Kier molecular flexibility index (Phi) is 6.95. The van der Waals surface area contributed by atoms with Crippen LogP contribution in [0.5, 0.6) is 0 Å². The molecule has 1 aromatic carbocycles. The van der Waals surface area contributed by atoms with Crippen LogP contribution in [0.15, 0.2) is 23.1 Å². The summed E-state index contributed by atoms with van der Waals surface area (Å²) in [7, 11) is 0. The predicted molar refractivity (Wildman–Crippen MR) is 99.9 cm³/mol. The molecule has 3 rings (SSSR count). The molecule has 4 N–H and O–H groups in total. The fourth-order valence-corrected chi connectivity index (χ4v) is 4.23. The third-order valence-corrected chi connectivity index (χ3v) is 5.71. The molecule has 7 heteroatoms. The molecule has 1 fully saturated rings. The summed E-state index contributed by atoms with van der Waals surface area (Å²) in [5.74, 6) is 1.06. The third-order valence-electron chi connectivity index (χ3n) is 4.63. The van der Waals surface area contributed by atoms with Crippen molar-refractivity contribution in [3.8, 4) is 0 Å². The van der Waals surface area contributed by atoms with Gasteiger partial charge in [-0.2, -0.15) is 0 Å². The molecule has 1 heterocycles. The average Bonchev–Trinajstić information content (AvgIpc) is 2.75. The van der Waals surface area contributed by atoms with Gasteiger partial charge in [-0.3, -0.25) is 9.59 Å². The molecule has 2 amide bonds. The molecule has 2 unspecified atom stereocenters. The van der Waals surface area contributed by atoms with Gasteiger partial charge < -0.3 is 16.4 Å². The summed E-state index contributed by atoms with van der Waals surface area (Å²) >= 11 is 1.64. The fraction of sp³-hybridized carbons (Fsp3) is 0.529. The zero-order chi connectivity index (χ0) is 16.2. The van der Waals surface area contributed by atoms with Crippen LogP contribution < -0.4 is 16.4 Å². The highest BCUT2D eigenvalue weighted by molar-refractivity contribution is 7.99. The molecule has 0 aromatic heterocycles. The summed E-state index contributed by atoms with van der Waals surface area (Å²) in [6.45, 7) is 0.613. The highest BCUT2D eigenvalue weighted by Gasteiger charge is 2.26. The lowest BCUT2D eigenvalue weighted by Gasteiger charge is -2.31. The van der Waals surface area contributed by atoms with Crippen molar-refractivity contribution in [2.75, 3.05) is 17.6 Å². The SMILES string of the molecule is Cl.NCC1CCCCC1NC(=O)c1ccc2c(c1)NC(=O)CCS2. The van der Waals surface area contributed by atoms with Gasteiger partial charge in [-0.25, -0.2) is 0 Å². The van der Waals surface area contributed by atoms with Crippen molar-refractivity contribution in [3.63, 3.8) is 0 Å². The standard InChI is InChI=1S/C17H23N3O2S.ClH/c18-10-12-3-1-2-4-13(12)20-17(22)11-5-6-15-14(9-11)19-16(21)7-8-23-15;/h5-6,9,12-13H,1-4,7-8,10,18H2,(H,19,21)(H,20,22);1H. The number of carbonyl (C=O) groups is 2. The Morgan fingerprint density at radius 2 is 2.12 bits per heavy atom. The number of anilines is 1. The summed E-state index contributed by atoms with van der Waals surface area (Å²) < 4.78 is 0. The van der Waals surface area contributed by atoms with Crippen LogP contribution in [0.25, 0.3) is 0 Å². The summed E-state index contributed by atoms with van der Waals surface area (Å²) in [6, 6.07) is 5.69.